The molecule has 0 bridgehead atoms. The Labute approximate surface area is 233 Å². The lowest BCUT2D eigenvalue weighted by Gasteiger charge is -2.29. The van der Waals surface area contributed by atoms with Gasteiger partial charge in [-0.15, -0.1) is 0 Å². The van der Waals surface area contributed by atoms with Crippen molar-refractivity contribution >= 4 is 41.4 Å². The van der Waals surface area contributed by atoms with Crippen molar-refractivity contribution < 1.29 is 23.5 Å². The molecular weight excluding hydrogens is 510 g/mol. The summed E-state index contributed by atoms with van der Waals surface area (Å²) in [5.41, 5.74) is 2.07. The molecule has 0 aliphatic rings. The molecule has 3 rings (SSSR count). The van der Waals surface area contributed by atoms with E-state index in [1.165, 1.54) is 23.5 Å². The second kappa shape index (κ2) is 15.5. The number of allylic oxidation sites excluding steroid dienone is 1. The average molecular weight is 544 g/mol. The predicted molar refractivity (Wildman–Crippen MR) is 157 cm³/mol. The lowest BCUT2D eigenvalue weighted by Crippen LogP contribution is -2.40. The van der Waals surface area contributed by atoms with E-state index < -0.39 is 5.91 Å². The maximum atomic E-state index is 13.3. The van der Waals surface area contributed by atoms with E-state index in [-0.39, 0.29) is 31.3 Å². The van der Waals surface area contributed by atoms with Crippen molar-refractivity contribution in [3.8, 4) is 5.75 Å². The molecule has 10 heteroatoms. The van der Waals surface area contributed by atoms with Crippen molar-refractivity contribution in [2.24, 2.45) is 4.99 Å². The van der Waals surface area contributed by atoms with E-state index in [9.17, 15) is 14.4 Å². The quantitative estimate of drug-likeness (QED) is 0.208. The zero-order valence-electron chi connectivity index (χ0n) is 22.4. The first-order chi connectivity index (χ1) is 19.4. The van der Waals surface area contributed by atoms with Gasteiger partial charge >= 0.3 is 0 Å². The summed E-state index contributed by atoms with van der Waals surface area (Å²) < 4.78 is 11.0. The summed E-state index contributed by atoms with van der Waals surface area (Å²) in [5.74, 6) is 0.0965. The molecule has 0 spiro atoms. The number of hydrogen-bond donors (Lipinski definition) is 2. The molecule has 2 N–H and O–H groups in total. The molecule has 0 aliphatic carbocycles. The van der Waals surface area contributed by atoms with Crippen LogP contribution in [0, 0.1) is 0 Å². The van der Waals surface area contributed by atoms with Gasteiger partial charge in [-0.1, -0.05) is 37.4 Å². The van der Waals surface area contributed by atoms with Crippen LogP contribution in [0.3, 0.4) is 0 Å². The van der Waals surface area contributed by atoms with Crippen LogP contribution in [0.15, 0.2) is 101 Å². The molecule has 208 valence electrons. The lowest BCUT2D eigenvalue weighted by molar-refractivity contribution is -0.119. The van der Waals surface area contributed by atoms with Gasteiger partial charge in [0.2, 0.25) is 5.91 Å². The Morgan fingerprint density at radius 2 is 1.88 bits per heavy atom. The van der Waals surface area contributed by atoms with Crippen molar-refractivity contribution in [3.63, 3.8) is 0 Å². The van der Waals surface area contributed by atoms with Gasteiger partial charge in [-0.25, -0.2) is 0 Å². The van der Waals surface area contributed by atoms with E-state index in [1.54, 1.807) is 30.3 Å². The van der Waals surface area contributed by atoms with E-state index in [2.05, 4.69) is 28.8 Å². The smallest absolute Gasteiger partial charge is 0.291 e. The van der Waals surface area contributed by atoms with Gasteiger partial charge in [0.15, 0.2) is 5.76 Å². The van der Waals surface area contributed by atoms with E-state index >= 15 is 0 Å². The Bertz CT molecular complexity index is 1320. The van der Waals surface area contributed by atoms with Crippen LogP contribution in [0.25, 0.3) is 0 Å². The first-order valence-electron chi connectivity index (χ1n) is 12.6. The molecule has 0 radical (unpaired) electrons. The van der Waals surface area contributed by atoms with Crippen LogP contribution >= 0.6 is 0 Å². The average Bonchev–Trinajstić information content (AvgIpc) is 3.51. The number of furan rings is 1. The van der Waals surface area contributed by atoms with E-state index in [0.717, 1.165) is 5.75 Å². The summed E-state index contributed by atoms with van der Waals surface area (Å²) in [5, 5.41) is 5.77. The van der Waals surface area contributed by atoms with Gasteiger partial charge in [0.05, 0.1) is 37.3 Å². The minimum atomic E-state index is -0.443. The van der Waals surface area contributed by atoms with Gasteiger partial charge in [0.25, 0.3) is 5.91 Å². The lowest BCUT2D eigenvalue weighted by atomic mass is 10.2. The van der Waals surface area contributed by atoms with Crippen molar-refractivity contribution in [2.45, 2.75) is 0 Å². The van der Waals surface area contributed by atoms with Gasteiger partial charge in [-0.3, -0.25) is 14.6 Å². The van der Waals surface area contributed by atoms with Crippen LogP contribution in [0.4, 0.5) is 17.1 Å². The molecule has 0 fully saturated rings. The highest BCUT2D eigenvalue weighted by atomic mass is 16.5. The molecule has 10 nitrogen and oxygen atoms in total. The second-order valence-electron chi connectivity index (χ2n) is 8.57. The van der Waals surface area contributed by atoms with E-state index in [0.29, 0.717) is 42.2 Å². The Balaban J connectivity index is 1.82. The monoisotopic (exact) mass is 543 g/mol. The molecule has 1 heterocycles. The highest BCUT2D eigenvalue weighted by molar-refractivity contribution is 6.04. The molecule has 0 saturated heterocycles. The largest absolute Gasteiger partial charge is 0.492 e. The third-order valence-corrected chi connectivity index (χ3v) is 5.64. The van der Waals surface area contributed by atoms with E-state index in [1.807, 2.05) is 42.3 Å². The van der Waals surface area contributed by atoms with Crippen LogP contribution in [0.1, 0.15) is 10.6 Å². The van der Waals surface area contributed by atoms with Crippen LogP contribution in [-0.2, 0) is 9.59 Å². The standard InChI is InChI=1S/C30H33N5O5/c1-4-14-32-23(2)21-31-22-29(37)35(15-17-36)27-20-24(33-30(38)28-11-8-18-40-28)12-13-26(27)34(3)16-19-39-25-9-6-5-7-10-25/h4-14,17-18,20,31H,1-2,15-16,19,21-22H2,3H3,(H,33,38). The number of hydrogen-bond acceptors (Lipinski definition) is 8. The topological polar surface area (TPSA) is 116 Å². The molecule has 3 aromatic rings. The van der Waals surface area contributed by atoms with Gasteiger partial charge in [-0.2, -0.15) is 0 Å². The molecule has 1 aromatic heterocycles. The molecular formula is C30H33N5O5. The van der Waals surface area contributed by atoms with Gasteiger partial charge < -0.3 is 34.4 Å². The Kier molecular flexibility index (Phi) is 11.4. The summed E-state index contributed by atoms with van der Waals surface area (Å²) in [6, 6.07) is 17.8. The number of para-hydroxylation sites is 1. The summed E-state index contributed by atoms with van der Waals surface area (Å²) in [6.07, 6.45) is 5.10. The predicted octanol–water partition coefficient (Wildman–Crippen LogP) is 3.94. The fourth-order valence-corrected chi connectivity index (χ4v) is 3.70. The number of nitrogens with zero attached hydrogens (tertiary/aromatic N) is 3. The number of likely N-dealkylation sites (N-methyl/N-ethyl adjacent to an activating group) is 1. The number of amides is 2. The molecule has 2 amide bonds. The Morgan fingerprint density at radius 3 is 2.58 bits per heavy atom. The number of aliphatic imine (C=N–C) groups is 1. The summed E-state index contributed by atoms with van der Waals surface area (Å²) >= 11 is 0. The number of carbonyl (C=O) groups excluding carboxylic acids is 3. The summed E-state index contributed by atoms with van der Waals surface area (Å²) in [7, 11) is 1.86. The van der Waals surface area contributed by atoms with Crippen LogP contribution in [0.5, 0.6) is 5.75 Å². The number of rotatable bonds is 16. The fourth-order valence-electron chi connectivity index (χ4n) is 3.70. The minimum Gasteiger partial charge on any atom is -0.492 e. The van der Waals surface area contributed by atoms with Gasteiger partial charge in [0.1, 0.15) is 18.6 Å². The SMILES string of the molecule is C=CC=NC(=C)CNCC(=O)N(CC=O)c1cc(NC(=O)c2ccco2)ccc1N(C)CCOc1ccccc1. The van der Waals surface area contributed by atoms with Gasteiger partial charge in [-0.05, 0) is 42.5 Å². The van der Waals surface area contributed by atoms with Crippen LogP contribution in [-0.4, -0.2) is 64.1 Å². The van der Waals surface area contributed by atoms with Crippen molar-refractivity contribution in [3.05, 3.63) is 97.6 Å². The second-order valence-corrected chi connectivity index (χ2v) is 8.57. The van der Waals surface area contributed by atoms with E-state index in [4.69, 9.17) is 9.15 Å². The maximum absolute atomic E-state index is 13.3. The third kappa shape index (κ3) is 8.81. The number of ether oxygens (including phenoxy) is 1. The normalized spacial score (nSPS) is 10.6. The molecule has 0 saturated carbocycles. The minimum absolute atomic E-state index is 0.0697. The zero-order chi connectivity index (χ0) is 28.7. The number of anilines is 3. The van der Waals surface area contributed by atoms with Crippen molar-refractivity contribution in [2.75, 3.05) is 55.0 Å². The first-order valence-corrected chi connectivity index (χ1v) is 12.6. The Hall–Kier alpha value is -4.96. The maximum Gasteiger partial charge on any atom is 0.291 e. The fraction of sp³-hybridized carbons (Fsp3) is 0.200. The zero-order valence-corrected chi connectivity index (χ0v) is 22.4. The van der Waals surface area contributed by atoms with Crippen LogP contribution < -0.4 is 25.2 Å². The number of aldehydes is 1. The van der Waals surface area contributed by atoms with Crippen LogP contribution in [0.2, 0.25) is 0 Å². The summed E-state index contributed by atoms with van der Waals surface area (Å²) in [6.45, 7) is 8.27. The number of benzene rings is 2. The molecule has 0 atom stereocenters. The van der Waals surface area contributed by atoms with Crippen molar-refractivity contribution in [1.82, 2.24) is 5.32 Å². The highest BCUT2D eigenvalue weighted by Gasteiger charge is 2.22. The Morgan fingerprint density at radius 1 is 1.07 bits per heavy atom. The molecule has 40 heavy (non-hydrogen) atoms. The van der Waals surface area contributed by atoms with Crippen molar-refractivity contribution in [1.29, 1.82) is 0 Å². The molecule has 0 aliphatic heterocycles. The number of carbonyl (C=O) groups is 3. The summed E-state index contributed by atoms with van der Waals surface area (Å²) in [4.78, 5) is 44.9. The molecule has 0 unspecified atom stereocenters. The third-order valence-electron chi connectivity index (χ3n) is 5.64. The van der Waals surface area contributed by atoms with Gasteiger partial charge in [0, 0.05) is 31.2 Å². The highest BCUT2D eigenvalue weighted by Crippen LogP contribution is 2.32. The first kappa shape index (κ1) is 29.6. The number of nitrogens with one attached hydrogen (secondary N) is 2. The molecule has 2 aromatic carbocycles.